The summed E-state index contributed by atoms with van der Waals surface area (Å²) >= 11 is 0. The van der Waals surface area contributed by atoms with E-state index in [0.29, 0.717) is 5.56 Å². The maximum absolute atomic E-state index is 13.0. The van der Waals surface area contributed by atoms with Gasteiger partial charge >= 0.3 is 13.8 Å². The molecular weight excluding hydrogens is 443 g/mol. The minimum Gasteiger partial charge on any atom is -0.507 e. The van der Waals surface area contributed by atoms with Gasteiger partial charge in [-0.15, -0.1) is 0 Å². The molecule has 2 aliphatic rings. The van der Waals surface area contributed by atoms with Gasteiger partial charge in [0.1, 0.15) is 11.5 Å². The highest BCUT2D eigenvalue weighted by Gasteiger charge is 2.57. The quantitative estimate of drug-likeness (QED) is 0.130. The second-order valence-corrected chi connectivity index (χ2v) is 10.6. The molecule has 2 atom stereocenters. The molecule has 0 aliphatic heterocycles. The van der Waals surface area contributed by atoms with Crippen molar-refractivity contribution in [1.82, 2.24) is 0 Å². The van der Waals surface area contributed by atoms with Crippen LogP contribution in [0.25, 0.3) is 0 Å². The minimum atomic E-state index is -4.86. The molecule has 182 valence electrons. The van der Waals surface area contributed by atoms with Crippen LogP contribution in [0.1, 0.15) is 82.8 Å². The Morgan fingerprint density at radius 1 is 1.27 bits per heavy atom. The molecule has 3 rings (SSSR count). The molecule has 1 aromatic rings. The van der Waals surface area contributed by atoms with Gasteiger partial charge in [-0.05, 0) is 76.0 Å². The highest BCUT2D eigenvalue weighted by Crippen LogP contribution is 2.53. The molecule has 2 aliphatic carbocycles. The first-order valence-electron chi connectivity index (χ1n) is 11.6. The van der Waals surface area contributed by atoms with Crippen LogP contribution in [0.5, 0.6) is 11.5 Å². The zero-order chi connectivity index (χ0) is 24.4. The second-order valence-electron chi connectivity index (χ2n) is 9.48. The Morgan fingerprint density at radius 3 is 2.55 bits per heavy atom. The lowest BCUT2D eigenvalue weighted by Gasteiger charge is -2.32. The van der Waals surface area contributed by atoms with Gasteiger partial charge in [-0.25, -0.2) is 9.36 Å². The van der Waals surface area contributed by atoms with Crippen molar-refractivity contribution in [3.63, 3.8) is 0 Å². The van der Waals surface area contributed by atoms with Gasteiger partial charge in [-0.1, -0.05) is 43.6 Å². The Balaban J connectivity index is 2.02. The lowest BCUT2D eigenvalue weighted by atomic mass is 9.73. The Bertz CT molecular complexity index is 987. The molecule has 7 nitrogen and oxygen atoms in total. The maximum atomic E-state index is 13.0. The molecule has 0 aromatic heterocycles. The van der Waals surface area contributed by atoms with Gasteiger partial charge in [0.15, 0.2) is 5.60 Å². The highest BCUT2D eigenvalue weighted by molar-refractivity contribution is 7.46. The van der Waals surface area contributed by atoms with Crippen molar-refractivity contribution < 1.29 is 33.5 Å². The first kappa shape index (κ1) is 25.7. The fourth-order valence-corrected chi connectivity index (χ4v) is 5.30. The molecule has 8 heteroatoms. The van der Waals surface area contributed by atoms with Crippen molar-refractivity contribution >= 4 is 13.8 Å². The molecule has 1 aromatic carbocycles. The number of phenolic OH excluding ortho intramolecular Hbond substituents is 1. The van der Waals surface area contributed by atoms with E-state index >= 15 is 0 Å². The fraction of sp³-hybridized carbons (Fsp3) is 0.560. The van der Waals surface area contributed by atoms with E-state index in [1.807, 2.05) is 13.8 Å². The van der Waals surface area contributed by atoms with Crippen molar-refractivity contribution in [2.45, 2.75) is 83.7 Å². The van der Waals surface area contributed by atoms with Crippen molar-refractivity contribution in [2.75, 3.05) is 0 Å². The average molecular weight is 479 g/mol. The van der Waals surface area contributed by atoms with E-state index in [4.69, 9.17) is 9.26 Å². The number of carbonyl (C=O) groups excluding carboxylic acids is 1. The van der Waals surface area contributed by atoms with Gasteiger partial charge in [0.25, 0.3) is 0 Å². The molecular formula is C25H35O7P. The topological polar surface area (TPSA) is 113 Å². The molecule has 33 heavy (non-hydrogen) atoms. The Labute approximate surface area is 195 Å². The molecule has 0 saturated heterocycles. The van der Waals surface area contributed by atoms with Crippen LogP contribution >= 0.6 is 7.82 Å². The van der Waals surface area contributed by atoms with Gasteiger partial charge in [-0.2, -0.15) is 0 Å². The summed E-state index contributed by atoms with van der Waals surface area (Å²) in [5.74, 6) is -0.726. The molecule has 0 amide bonds. The number of phosphoric acid groups is 1. The molecule has 0 spiro atoms. The SMILES string of the molecule is C=C(C)[C@@H]1CCC(C)=C[C@H]1c1c(O)cc(CCCCC)cc1OC(=O)C1(OP(=O)(O)O)CC1. The molecule has 1 fully saturated rings. The number of benzene rings is 1. The van der Waals surface area contributed by atoms with E-state index < -0.39 is 19.4 Å². The van der Waals surface area contributed by atoms with E-state index in [0.717, 1.165) is 49.7 Å². The number of allylic oxidation sites excluding steroid dienone is 3. The van der Waals surface area contributed by atoms with Crippen LogP contribution in [0.4, 0.5) is 0 Å². The van der Waals surface area contributed by atoms with Gasteiger partial charge < -0.3 is 19.6 Å². The standard InChI is InChI=1S/C25H35O7P/c1-5-6-7-8-18-14-21(26)23(20-13-17(4)9-10-19(20)16(2)3)22(15-18)31-24(27)25(11-12-25)32-33(28,29)30/h13-15,19-20,26H,2,5-12H2,1,3-4H3,(H2,28,29,30)/t19-,20+/m0/s1. The summed E-state index contributed by atoms with van der Waals surface area (Å²) < 4.78 is 21.9. The summed E-state index contributed by atoms with van der Waals surface area (Å²) in [6.07, 6.45) is 7.99. The van der Waals surface area contributed by atoms with Crippen molar-refractivity contribution in [1.29, 1.82) is 0 Å². The third-order valence-electron chi connectivity index (χ3n) is 6.54. The predicted octanol–water partition coefficient (Wildman–Crippen LogP) is 5.69. The summed E-state index contributed by atoms with van der Waals surface area (Å²) in [5.41, 5.74) is 1.87. The monoisotopic (exact) mass is 478 g/mol. The second kappa shape index (κ2) is 10.1. The average Bonchev–Trinajstić information content (AvgIpc) is 3.46. The molecule has 3 N–H and O–H groups in total. The third kappa shape index (κ3) is 6.36. The highest BCUT2D eigenvalue weighted by atomic mass is 31.2. The number of phenols is 1. The molecule has 0 unspecified atom stereocenters. The van der Waals surface area contributed by atoms with Crippen LogP contribution in [-0.4, -0.2) is 26.5 Å². The summed E-state index contributed by atoms with van der Waals surface area (Å²) in [4.78, 5) is 31.4. The third-order valence-corrected chi connectivity index (χ3v) is 7.12. The van der Waals surface area contributed by atoms with Gasteiger partial charge in [-0.3, -0.25) is 4.52 Å². The van der Waals surface area contributed by atoms with Crippen LogP contribution in [0.15, 0.2) is 35.9 Å². The minimum absolute atomic E-state index is 0.0507. The van der Waals surface area contributed by atoms with Gasteiger partial charge in [0.2, 0.25) is 0 Å². The van der Waals surface area contributed by atoms with Crippen LogP contribution in [0.2, 0.25) is 0 Å². The lowest BCUT2D eigenvalue weighted by Crippen LogP contribution is -2.30. The number of rotatable bonds is 10. The van der Waals surface area contributed by atoms with E-state index in [9.17, 15) is 24.3 Å². The normalized spacial score (nSPS) is 21.9. The van der Waals surface area contributed by atoms with E-state index in [1.165, 1.54) is 5.57 Å². The van der Waals surface area contributed by atoms with E-state index in [2.05, 4.69) is 19.6 Å². The summed E-state index contributed by atoms with van der Waals surface area (Å²) in [5, 5.41) is 11.1. The summed E-state index contributed by atoms with van der Waals surface area (Å²) in [7, 11) is -4.86. The first-order chi connectivity index (χ1) is 15.5. The number of hydrogen-bond donors (Lipinski definition) is 3. The molecule has 0 bridgehead atoms. The zero-order valence-corrected chi connectivity index (χ0v) is 20.6. The summed E-state index contributed by atoms with van der Waals surface area (Å²) in [6, 6.07) is 3.50. The van der Waals surface area contributed by atoms with Gasteiger partial charge in [0, 0.05) is 11.5 Å². The van der Waals surface area contributed by atoms with Crippen LogP contribution in [-0.2, 0) is 20.3 Å². The number of phosphoric ester groups is 1. The number of aryl methyl sites for hydroxylation is 1. The molecule has 0 radical (unpaired) electrons. The van der Waals surface area contributed by atoms with Crippen molar-refractivity contribution in [3.8, 4) is 11.5 Å². The zero-order valence-electron chi connectivity index (χ0n) is 19.7. The smallest absolute Gasteiger partial charge is 0.470 e. The maximum Gasteiger partial charge on any atom is 0.470 e. The van der Waals surface area contributed by atoms with Crippen molar-refractivity contribution in [3.05, 3.63) is 47.1 Å². The van der Waals surface area contributed by atoms with Crippen LogP contribution < -0.4 is 4.74 Å². The fourth-order valence-electron chi connectivity index (χ4n) is 4.58. The lowest BCUT2D eigenvalue weighted by molar-refractivity contribution is -0.145. The Kier molecular flexibility index (Phi) is 7.90. The van der Waals surface area contributed by atoms with E-state index in [-0.39, 0.29) is 36.2 Å². The first-order valence-corrected chi connectivity index (χ1v) is 13.2. The number of esters is 1. The number of aromatic hydroxyl groups is 1. The largest absolute Gasteiger partial charge is 0.507 e. The van der Waals surface area contributed by atoms with Crippen molar-refractivity contribution in [2.24, 2.45) is 5.92 Å². The summed E-state index contributed by atoms with van der Waals surface area (Å²) in [6.45, 7) is 10.2. The Morgan fingerprint density at radius 2 is 1.97 bits per heavy atom. The number of carbonyl (C=O) groups is 1. The molecule has 1 saturated carbocycles. The predicted molar refractivity (Wildman–Crippen MR) is 126 cm³/mol. The number of unbranched alkanes of at least 4 members (excludes halogenated alkanes) is 2. The van der Waals surface area contributed by atoms with Crippen LogP contribution in [0.3, 0.4) is 0 Å². The molecule has 0 heterocycles. The number of hydrogen-bond acceptors (Lipinski definition) is 5. The van der Waals surface area contributed by atoms with Crippen LogP contribution in [0, 0.1) is 5.92 Å². The van der Waals surface area contributed by atoms with Gasteiger partial charge in [0.05, 0.1) is 0 Å². The van der Waals surface area contributed by atoms with E-state index in [1.54, 1.807) is 12.1 Å². The Hall–Kier alpha value is -1.92. The number of ether oxygens (including phenoxy) is 1.